The standard InChI is InChI=1S/2C7H12O2.2C6H10O3.C6H10O2.2C5H8O2.C4H8O2.2CH4/c2*1-3-7(9)5-4-6(2)8;1-5(7)3-4-6(8)9-2;1-3-6(8)9-4-5(2)7;1-5(7)3-4-6(2)8;1-3-5(7)4(2)6;1-2-5(7)3-4-6;1-4(5)3-6-2;;/h2*3-5H2,1-2H3;2*3-4H2,1-2H3;3-4H2,1-2H3;3H2,1-2H3;4H,2-3H2,1H3;3H2,1-2H3;2*1H4. The summed E-state index contributed by atoms with van der Waals surface area (Å²) >= 11 is 0. The van der Waals surface area contributed by atoms with E-state index in [2.05, 4.69) is 14.2 Å². The van der Waals surface area contributed by atoms with Gasteiger partial charge in [-0.3, -0.25) is 43.2 Å². The van der Waals surface area contributed by atoms with E-state index in [0.29, 0.717) is 76.9 Å². The van der Waals surface area contributed by atoms with Crippen LogP contribution in [0.4, 0.5) is 0 Å². The summed E-state index contributed by atoms with van der Waals surface area (Å²) in [6, 6.07) is 0. The van der Waals surface area contributed by atoms with E-state index in [1.54, 1.807) is 20.8 Å². The van der Waals surface area contributed by atoms with E-state index in [4.69, 9.17) is 0 Å². The zero-order valence-corrected chi connectivity index (χ0v) is 41.2. The van der Waals surface area contributed by atoms with Gasteiger partial charge in [-0.1, -0.05) is 49.5 Å². The summed E-state index contributed by atoms with van der Waals surface area (Å²) in [5, 5.41) is 0. The monoisotopic (exact) mass is 951 g/mol. The molecule has 0 aliphatic heterocycles. The maximum absolute atomic E-state index is 10.6. The molecule has 0 aromatic rings. The number of aldehydes is 1. The molecule has 386 valence electrons. The predicted molar refractivity (Wildman–Crippen MR) is 253 cm³/mol. The third kappa shape index (κ3) is 112. The van der Waals surface area contributed by atoms with Gasteiger partial charge in [-0.25, -0.2) is 0 Å². The van der Waals surface area contributed by atoms with Crippen LogP contribution in [-0.2, 0) is 86.1 Å². The van der Waals surface area contributed by atoms with Crippen molar-refractivity contribution in [2.24, 2.45) is 0 Å². The van der Waals surface area contributed by atoms with Gasteiger partial charge >= 0.3 is 11.9 Å². The quantitative estimate of drug-likeness (QED) is 0.0397. The first-order chi connectivity index (χ1) is 29.5. The van der Waals surface area contributed by atoms with Crippen LogP contribution in [0.5, 0.6) is 0 Å². The molecule has 0 heterocycles. The minimum atomic E-state index is -0.345. The molecule has 0 unspecified atom stereocenters. The highest BCUT2D eigenvalue weighted by Crippen LogP contribution is 1.95. The van der Waals surface area contributed by atoms with Crippen LogP contribution < -0.4 is 0 Å². The van der Waals surface area contributed by atoms with Crippen LogP contribution in [0.1, 0.15) is 195 Å². The van der Waals surface area contributed by atoms with Gasteiger partial charge in [-0.05, 0) is 48.5 Å². The zero-order chi connectivity index (χ0) is 52.2. The summed E-state index contributed by atoms with van der Waals surface area (Å²) < 4.78 is 13.2. The van der Waals surface area contributed by atoms with Gasteiger partial charge in [0.05, 0.1) is 20.0 Å². The van der Waals surface area contributed by atoms with Crippen LogP contribution in [0.3, 0.4) is 0 Å². The fraction of sp³-hybridized carbons (Fsp3) is 0.688. The summed E-state index contributed by atoms with van der Waals surface area (Å²) in [5.41, 5.74) is 0. The number of ketones is 12. The second-order valence-electron chi connectivity index (χ2n) is 13.3. The number of esters is 2. The molecule has 18 heteroatoms. The highest BCUT2D eigenvalue weighted by Gasteiger charge is 2.03. The van der Waals surface area contributed by atoms with Gasteiger partial charge in [0.25, 0.3) is 0 Å². The molecule has 0 fully saturated rings. The van der Waals surface area contributed by atoms with E-state index >= 15 is 0 Å². The van der Waals surface area contributed by atoms with Gasteiger partial charge in [0, 0.05) is 91.1 Å². The lowest BCUT2D eigenvalue weighted by molar-refractivity contribution is -0.147. The lowest BCUT2D eigenvalue weighted by atomic mass is 10.1. The Morgan fingerprint density at radius 2 is 0.697 bits per heavy atom. The van der Waals surface area contributed by atoms with Gasteiger partial charge in [0.2, 0.25) is 0 Å². The summed E-state index contributed by atoms with van der Waals surface area (Å²) in [6.07, 6.45) is 5.88. The molecule has 0 rings (SSSR count). The SMILES string of the molecule is C.C.CC(=O)CCC(C)=O.CCC(=O)C(C)=O.CCC(=O)CC=O.CCC(=O)CCC(C)=O.CCC(=O)CCC(C)=O.CCC(=O)OCC(C)=O.COC(=O)CCC(C)=O.COCC(C)=O. The van der Waals surface area contributed by atoms with Crippen LogP contribution >= 0.6 is 0 Å². The topological polar surface area (TPSA) is 284 Å². The van der Waals surface area contributed by atoms with Crippen molar-refractivity contribution < 1.29 is 86.1 Å². The number of carbonyl (C=O) groups excluding carboxylic acids is 15. The number of carbonyl (C=O) groups is 15. The lowest BCUT2D eigenvalue weighted by Gasteiger charge is -1.96. The average molecular weight is 951 g/mol. The molecule has 0 N–H and O–H groups in total. The van der Waals surface area contributed by atoms with E-state index in [0.717, 1.165) is 0 Å². The Labute approximate surface area is 395 Å². The van der Waals surface area contributed by atoms with Crippen molar-refractivity contribution in [2.45, 2.75) is 195 Å². The Balaban J connectivity index is -0.0000000678. The van der Waals surface area contributed by atoms with Gasteiger partial charge in [0.15, 0.2) is 23.1 Å². The second kappa shape index (κ2) is 63.9. The Kier molecular flexibility index (Phi) is 81.4. The van der Waals surface area contributed by atoms with E-state index in [1.807, 2.05) is 13.8 Å². The van der Waals surface area contributed by atoms with Crippen molar-refractivity contribution in [1.29, 1.82) is 0 Å². The Morgan fingerprint density at radius 1 is 0.379 bits per heavy atom. The van der Waals surface area contributed by atoms with Gasteiger partial charge in [0.1, 0.15) is 65.8 Å². The molecule has 0 aliphatic rings. The van der Waals surface area contributed by atoms with Crippen LogP contribution in [0.25, 0.3) is 0 Å². The van der Waals surface area contributed by atoms with Crippen molar-refractivity contribution in [3.8, 4) is 0 Å². The first-order valence-electron chi connectivity index (χ1n) is 20.7. The molecule has 0 aromatic heterocycles. The largest absolute Gasteiger partial charge is 0.469 e. The van der Waals surface area contributed by atoms with Crippen molar-refractivity contribution in [1.82, 2.24) is 0 Å². The highest BCUT2D eigenvalue weighted by atomic mass is 16.5. The number of hydrogen-bond donors (Lipinski definition) is 0. The molecule has 66 heavy (non-hydrogen) atoms. The van der Waals surface area contributed by atoms with Gasteiger partial charge in [-0.15, -0.1) is 0 Å². The minimum Gasteiger partial charge on any atom is -0.469 e. The number of methoxy groups -OCH3 is 2. The molecule has 0 spiro atoms. The molecule has 0 aliphatic carbocycles. The predicted octanol–water partition coefficient (Wildman–Crippen LogP) is 7.27. The molecule has 0 bridgehead atoms. The smallest absolute Gasteiger partial charge is 0.305 e. The van der Waals surface area contributed by atoms with Crippen LogP contribution in [0.2, 0.25) is 0 Å². The third-order valence-electron chi connectivity index (χ3n) is 6.53. The molecule has 0 saturated carbocycles. The van der Waals surface area contributed by atoms with E-state index < -0.39 is 0 Å². The average Bonchev–Trinajstić information content (AvgIpc) is 3.23. The highest BCUT2D eigenvalue weighted by molar-refractivity contribution is 6.36. The Bertz CT molecular complexity index is 1290. The molecular formula is C48H86O18. The molecule has 0 aromatic carbocycles. The van der Waals surface area contributed by atoms with E-state index in [1.165, 1.54) is 69.6 Å². The molecule has 0 amide bonds. The molecule has 0 atom stereocenters. The van der Waals surface area contributed by atoms with Crippen LogP contribution in [0.15, 0.2) is 0 Å². The summed E-state index contributed by atoms with van der Waals surface area (Å²) in [6.45, 7) is 20.4. The lowest BCUT2D eigenvalue weighted by Crippen LogP contribution is -2.09. The van der Waals surface area contributed by atoms with Crippen molar-refractivity contribution in [3.63, 3.8) is 0 Å². The molecular weight excluding hydrogens is 865 g/mol. The Hall–Kier alpha value is -5.39. The second-order valence-corrected chi connectivity index (χ2v) is 13.3. The summed E-state index contributed by atoms with van der Waals surface area (Å²) in [7, 11) is 2.81. The fourth-order valence-electron chi connectivity index (χ4n) is 2.69. The molecule has 0 saturated heterocycles. The maximum Gasteiger partial charge on any atom is 0.305 e. The fourth-order valence-corrected chi connectivity index (χ4v) is 2.69. The van der Waals surface area contributed by atoms with E-state index in [-0.39, 0.29) is 129 Å². The normalized spacial score (nSPS) is 8.41. The Morgan fingerprint density at radius 3 is 0.864 bits per heavy atom. The minimum absolute atomic E-state index is 0. The van der Waals surface area contributed by atoms with Crippen molar-refractivity contribution in [3.05, 3.63) is 0 Å². The number of rotatable bonds is 24. The molecule has 0 radical (unpaired) electrons. The van der Waals surface area contributed by atoms with Crippen molar-refractivity contribution >= 4 is 87.6 Å². The first kappa shape index (κ1) is 84.1. The van der Waals surface area contributed by atoms with Gasteiger partial charge in [-0.2, -0.15) is 0 Å². The number of ether oxygens (including phenoxy) is 3. The number of hydrogen-bond acceptors (Lipinski definition) is 18. The third-order valence-corrected chi connectivity index (χ3v) is 6.53. The summed E-state index contributed by atoms with van der Waals surface area (Å²) in [4.78, 5) is 153. The maximum atomic E-state index is 10.6. The zero-order valence-electron chi connectivity index (χ0n) is 41.2. The van der Waals surface area contributed by atoms with Gasteiger partial charge < -0.3 is 43.0 Å². The number of Topliss-reactive ketones (excluding diaryl/α,β-unsaturated/α-hetero) is 12. The van der Waals surface area contributed by atoms with Crippen molar-refractivity contribution in [2.75, 3.05) is 27.4 Å². The summed E-state index contributed by atoms with van der Waals surface area (Å²) in [5.74, 6) is -0.632. The van der Waals surface area contributed by atoms with Crippen LogP contribution in [-0.4, -0.2) is 115 Å². The first-order valence-corrected chi connectivity index (χ1v) is 20.7. The molecule has 18 nitrogen and oxygen atoms in total. The van der Waals surface area contributed by atoms with Crippen LogP contribution in [0, 0.1) is 0 Å². The van der Waals surface area contributed by atoms with E-state index in [9.17, 15) is 71.9 Å².